The Kier molecular flexibility index (Phi) is 6.69. The van der Waals surface area contributed by atoms with E-state index in [1.807, 2.05) is 23.6 Å². The fourth-order valence-electron chi connectivity index (χ4n) is 6.16. The molecule has 4 heterocycles. The fraction of sp³-hybridized carbons (Fsp3) is 0.679. The average molecular weight is 644 g/mol. The number of halogens is 5. The Morgan fingerprint density at radius 2 is 1.71 bits per heavy atom. The minimum Gasteiger partial charge on any atom is -0.444 e. The lowest BCUT2D eigenvalue weighted by atomic mass is 9.92. The molecule has 41 heavy (non-hydrogen) atoms. The number of alkyl halides is 3. The number of likely N-dealkylation sites (tertiary alicyclic amines) is 1. The van der Waals surface area contributed by atoms with Gasteiger partial charge in [0.15, 0.2) is 5.82 Å². The van der Waals surface area contributed by atoms with Crippen molar-refractivity contribution in [2.75, 3.05) is 49.1 Å². The third-order valence-corrected chi connectivity index (χ3v) is 9.50. The highest BCUT2D eigenvalue weighted by molar-refractivity contribution is 9.10. The molecular formula is C28H35BrF4N6O2. The molecule has 1 aromatic carbocycles. The van der Waals surface area contributed by atoms with E-state index in [0.717, 1.165) is 19.2 Å². The second-order valence-corrected chi connectivity index (χ2v) is 14.0. The number of amides is 1. The Morgan fingerprint density at radius 3 is 2.29 bits per heavy atom. The smallest absolute Gasteiger partial charge is 0.417 e. The number of carbonyl (C=O) groups excluding carboxylic acids is 1. The zero-order valence-corrected chi connectivity index (χ0v) is 25.4. The van der Waals surface area contributed by atoms with Crippen LogP contribution < -0.4 is 9.80 Å². The molecule has 3 saturated heterocycles. The van der Waals surface area contributed by atoms with Crippen LogP contribution in [0.2, 0.25) is 0 Å². The Hall–Kier alpha value is -2.41. The predicted molar refractivity (Wildman–Crippen MR) is 151 cm³/mol. The van der Waals surface area contributed by atoms with Crippen LogP contribution in [0, 0.1) is 11.2 Å². The van der Waals surface area contributed by atoms with Crippen LogP contribution in [0.4, 0.5) is 34.1 Å². The summed E-state index contributed by atoms with van der Waals surface area (Å²) in [5.41, 5.74) is -1.42. The number of benzene rings is 1. The minimum absolute atomic E-state index is 0.0120. The van der Waals surface area contributed by atoms with E-state index in [2.05, 4.69) is 25.8 Å². The van der Waals surface area contributed by atoms with Gasteiger partial charge in [0.25, 0.3) is 0 Å². The Balaban J connectivity index is 1.34. The van der Waals surface area contributed by atoms with E-state index in [4.69, 9.17) is 9.72 Å². The van der Waals surface area contributed by atoms with Gasteiger partial charge in [-0.2, -0.15) is 18.2 Å². The van der Waals surface area contributed by atoms with Crippen LogP contribution in [-0.4, -0.2) is 88.9 Å². The lowest BCUT2D eigenvalue weighted by molar-refractivity contribution is -0.138. The molecule has 0 bridgehead atoms. The molecule has 1 aromatic heterocycles. The zero-order valence-electron chi connectivity index (χ0n) is 23.9. The van der Waals surface area contributed by atoms with Crippen LogP contribution in [0.5, 0.6) is 0 Å². The van der Waals surface area contributed by atoms with Gasteiger partial charge >= 0.3 is 12.3 Å². The summed E-state index contributed by atoms with van der Waals surface area (Å²) in [7, 11) is 0. The van der Waals surface area contributed by atoms with Crippen molar-refractivity contribution in [2.24, 2.45) is 5.41 Å². The van der Waals surface area contributed by atoms with Crippen molar-refractivity contribution >= 4 is 44.7 Å². The van der Waals surface area contributed by atoms with Gasteiger partial charge in [0.2, 0.25) is 5.95 Å². The molecule has 8 nitrogen and oxygen atoms in total. The maximum atomic E-state index is 15.6. The summed E-state index contributed by atoms with van der Waals surface area (Å²) >= 11 is 2.83. The summed E-state index contributed by atoms with van der Waals surface area (Å²) in [4.78, 5) is 30.0. The molecule has 2 aromatic rings. The molecule has 1 spiro atoms. The highest BCUT2D eigenvalue weighted by Crippen LogP contribution is 2.54. The number of anilines is 2. The molecule has 0 N–H and O–H groups in total. The number of aromatic nitrogens is 2. The van der Waals surface area contributed by atoms with Crippen LogP contribution in [0.15, 0.2) is 10.5 Å². The van der Waals surface area contributed by atoms with Gasteiger partial charge in [-0.25, -0.2) is 14.2 Å². The van der Waals surface area contributed by atoms with E-state index >= 15 is 4.39 Å². The molecule has 4 aliphatic rings. The number of fused-ring (bicyclic) bond motifs is 1. The third kappa shape index (κ3) is 5.21. The van der Waals surface area contributed by atoms with Gasteiger partial charge < -0.3 is 19.4 Å². The molecule has 2 atom stereocenters. The standard InChI is InChI=1S/C28H35BrF4N6O2/c1-15-10-39(25(40)41-26(3,4)5)16(2)9-38(15)23-18-8-19(28(31,32)33)20(29)21(30)22(18)34-24(35-23)36-11-17(12-36)37-13-27(14-37)6-7-27/h8,15-17H,6-7,9-14H2,1-5H3/t15-,16+/m0/s1. The fourth-order valence-corrected chi connectivity index (χ4v) is 6.68. The monoisotopic (exact) mass is 642 g/mol. The number of piperazine rings is 1. The maximum absolute atomic E-state index is 15.6. The van der Waals surface area contributed by atoms with E-state index in [1.165, 1.54) is 12.8 Å². The summed E-state index contributed by atoms with van der Waals surface area (Å²) in [6.07, 6.45) is -2.64. The van der Waals surface area contributed by atoms with Gasteiger partial charge in [-0.3, -0.25) is 4.90 Å². The predicted octanol–water partition coefficient (Wildman–Crippen LogP) is 5.67. The number of rotatable bonds is 3. The maximum Gasteiger partial charge on any atom is 0.417 e. The number of ether oxygens (including phenoxy) is 1. The van der Waals surface area contributed by atoms with Gasteiger partial charge in [-0.15, -0.1) is 0 Å². The van der Waals surface area contributed by atoms with Crippen LogP contribution in [0.1, 0.15) is 53.0 Å². The third-order valence-electron chi connectivity index (χ3n) is 8.73. The molecule has 1 amide bonds. The van der Waals surface area contributed by atoms with E-state index in [9.17, 15) is 18.0 Å². The van der Waals surface area contributed by atoms with Gasteiger partial charge in [0.1, 0.15) is 16.9 Å². The van der Waals surface area contributed by atoms with E-state index in [1.54, 1.807) is 25.7 Å². The first-order chi connectivity index (χ1) is 19.1. The lowest BCUT2D eigenvalue weighted by Gasteiger charge is -2.52. The highest BCUT2D eigenvalue weighted by atomic mass is 79.9. The Bertz CT molecular complexity index is 1380. The first kappa shape index (κ1) is 28.7. The van der Waals surface area contributed by atoms with Crippen molar-refractivity contribution in [3.8, 4) is 0 Å². The number of hydrogen-bond donors (Lipinski definition) is 0. The normalized spacial score (nSPS) is 25.0. The Labute approximate surface area is 245 Å². The number of nitrogens with zero attached hydrogens (tertiary/aromatic N) is 6. The summed E-state index contributed by atoms with van der Waals surface area (Å²) in [5.74, 6) is -0.539. The summed E-state index contributed by atoms with van der Waals surface area (Å²) in [6, 6.07) is 0.634. The Morgan fingerprint density at radius 1 is 1.05 bits per heavy atom. The first-order valence-electron chi connectivity index (χ1n) is 14.1. The molecule has 0 unspecified atom stereocenters. The van der Waals surface area contributed by atoms with Gasteiger partial charge in [0.05, 0.1) is 10.0 Å². The zero-order chi connectivity index (χ0) is 29.6. The minimum atomic E-state index is -4.78. The van der Waals surface area contributed by atoms with Crippen molar-refractivity contribution in [1.82, 2.24) is 19.8 Å². The SMILES string of the molecule is C[C@@H]1CN(c2nc(N3CC(N4CC5(CC5)C4)C3)nc3c(F)c(Br)c(C(F)(F)F)cc23)[C@@H](C)CN1C(=O)OC(C)(C)C. The average Bonchev–Trinajstić information content (AvgIpc) is 3.60. The van der Waals surface area contributed by atoms with E-state index in [0.29, 0.717) is 30.5 Å². The lowest BCUT2D eigenvalue weighted by Crippen LogP contribution is -2.66. The van der Waals surface area contributed by atoms with Crippen LogP contribution in [-0.2, 0) is 10.9 Å². The van der Waals surface area contributed by atoms with Gasteiger partial charge in [-0.05, 0) is 74.9 Å². The van der Waals surface area contributed by atoms with E-state index in [-0.39, 0.29) is 41.9 Å². The van der Waals surface area contributed by atoms with Crippen molar-refractivity contribution < 1.29 is 27.1 Å². The highest BCUT2D eigenvalue weighted by Gasteiger charge is 2.55. The largest absolute Gasteiger partial charge is 0.444 e. The van der Waals surface area contributed by atoms with Crippen molar-refractivity contribution in [3.63, 3.8) is 0 Å². The molecule has 6 rings (SSSR count). The van der Waals surface area contributed by atoms with E-state index < -0.39 is 33.7 Å². The van der Waals surface area contributed by atoms with Gasteiger partial charge in [0, 0.05) is 62.8 Å². The molecule has 3 aliphatic heterocycles. The molecule has 1 aliphatic carbocycles. The molecular weight excluding hydrogens is 608 g/mol. The molecule has 13 heteroatoms. The van der Waals surface area contributed by atoms with Crippen molar-refractivity contribution in [2.45, 2.75) is 77.4 Å². The van der Waals surface area contributed by atoms with Gasteiger partial charge in [-0.1, -0.05) is 0 Å². The number of carbonyl (C=O) groups is 1. The van der Waals surface area contributed by atoms with Crippen molar-refractivity contribution in [3.05, 3.63) is 21.9 Å². The molecule has 4 fully saturated rings. The quantitative estimate of drug-likeness (QED) is 0.400. The molecule has 224 valence electrons. The number of hydrogen-bond acceptors (Lipinski definition) is 7. The second kappa shape index (κ2) is 9.55. The molecule has 0 radical (unpaired) electrons. The summed E-state index contributed by atoms with van der Waals surface area (Å²) in [5, 5.41) is -0.0120. The van der Waals surface area contributed by atoms with Crippen LogP contribution in [0.3, 0.4) is 0 Å². The topological polar surface area (TPSA) is 65.0 Å². The van der Waals surface area contributed by atoms with Crippen molar-refractivity contribution in [1.29, 1.82) is 0 Å². The second-order valence-electron chi connectivity index (χ2n) is 13.2. The first-order valence-corrected chi connectivity index (χ1v) is 14.9. The molecule has 1 saturated carbocycles. The summed E-state index contributed by atoms with van der Waals surface area (Å²) in [6.45, 7) is 13.2. The van der Waals surface area contributed by atoms with Crippen LogP contribution >= 0.6 is 15.9 Å². The summed E-state index contributed by atoms with van der Waals surface area (Å²) < 4.78 is 62.3. The van der Waals surface area contributed by atoms with Crippen LogP contribution in [0.25, 0.3) is 10.9 Å².